The minimum absolute atomic E-state index is 0.119. The molecule has 1 aliphatic heterocycles. The average molecular weight is 374 g/mol. The lowest BCUT2D eigenvalue weighted by Crippen LogP contribution is -2.37. The van der Waals surface area contributed by atoms with Crippen LogP contribution in [0, 0.1) is 11.3 Å². The summed E-state index contributed by atoms with van der Waals surface area (Å²) in [5.74, 6) is 0.513. The SMILES string of the molecule is CCc1cc(-c2c(C#N)c(N)nc3c2CN(C(=O)c2cccnc2)CC3)on1. The van der Waals surface area contributed by atoms with Crippen LogP contribution < -0.4 is 5.73 Å². The van der Waals surface area contributed by atoms with Gasteiger partial charge in [-0.25, -0.2) is 4.98 Å². The van der Waals surface area contributed by atoms with Crippen molar-refractivity contribution in [3.05, 3.63) is 58.7 Å². The van der Waals surface area contributed by atoms with Gasteiger partial charge in [0.2, 0.25) is 0 Å². The number of aromatic nitrogens is 3. The maximum Gasteiger partial charge on any atom is 0.255 e. The second-order valence-corrected chi connectivity index (χ2v) is 6.54. The summed E-state index contributed by atoms with van der Waals surface area (Å²) < 4.78 is 5.49. The Hall–Kier alpha value is -3.73. The highest BCUT2D eigenvalue weighted by atomic mass is 16.5. The van der Waals surface area contributed by atoms with Gasteiger partial charge >= 0.3 is 0 Å². The van der Waals surface area contributed by atoms with E-state index in [9.17, 15) is 10.1 Å². The minimum Gasteiger partial charge on any atom is -0.383 e. The Kier molecular flexibility index (Phi) is 4.49. The number of hydrogen-bond acceptors (Lipinski definition) is 7. The lowest BCUT2D eigenvalue weighted by atomic mass is 9.94. The number of carbonyl (C=O) groups is 1. The number of amides is 1. The predicted octanol–water partition coefficient (Wildman–Crippen LogP) is 2.35. The molecule has 0 aliphatic carbocycles. The van der Waals surface area contributed by atoms with Gasteiger partial charge in [-0.05, 0) is 18.6 Å². The third-order valence-electron chi connectivity index (χ3n) is 4.85. The molecule has 3 aromatic rings. The molecule has 1 aliphatic rings. The van der Waals surface area contributed by atoms with Crippen molar-refractivity contribution in [1.29, 1.82) is 5.26 Å². The molecule has 8 nitrogen and oxygen atoms in total. The van der Waals surface area contributed by atoms with Crippen LogP contribution in [0.2, 0.25) is 0 Å². The number of nitriles is 1. The number of rotatable bonds is 3. The normalized spacial score (nSPS) is 13.1. The molecule has 4 rings (SSSR count). The molecule has 8 heteroatoms. The van der Waals surface area contributed by atoms with Crippen molar-refractivity contribution in [2.24, 2.45) is 0 Å². The summed E-state index contributed by atoms with van der Waals surface area (Å²) in [5, 5.41) is 13.7. The lowest BCUT2D eigenvalue weighted by Gasteiger charge is -2.30. The Morgan fingerprint density at radius 3 is 3.00 bits per heavy atom. The molecule has 4 heterocycles. The van der Waals surface area contributed by atoms with Crippen LogP contribution in [0.3, 0.4) is 0 Å². The number of nitrogens with two attached hydrogens (primary N) is 1. The number of carbonyl (C=O) groups excluding carboxylic acids is 1. The van der Waals surface area contributed by atoms with Gasteiger partial charge < -0.3 is 15.2 Å². The number of anilines is 1. The highest BCUT2D eigenvalue weighted by molar-refractivity contribution is 5.94. The summed E-state index contributed by atoms with van der Waals surface area (Å²) in [4.78, 5) is 23.0. The summed E-state index contributed by atoms with van der Waals surface area (Å²) in [6, 6.07) is 7.39. The molecule has 0 atom stereocenters. The smallest absolute Gasteiger partial charge is 0.255 e. The van der Waals surface area contributed by atoms with Crippen LogP contribution in [0.5, 0.6) is 0 Å². The fourth-order valence-electron chi connectivity index (χ4n) is 3.41. The van der Waals surface area contributed by atoms with E-state index >= 15 is 0 Å². The maximum atomic E-state index is 12.9. The van der Waals surface area contributed by atoms with E-state index < -0.39 is 0 Å². The van der Waals surface area contributed by atoms with Crippen LogP contribution in [0.4, 0.5) is 5.82 Å². The molecule has 0 fully saturated rings. The van der Waals surface area contributed by atoms with Crippen LogP contribution in [0.15, 0.2) is 35.1 Å². The number of fused-ring (bicyclic) bond motifs is 1. The van der Waals surface area contributed by atoms with Crippen LogP contribution in [-0.2, 0) is 19.4 Å². The first-order valence-corrected chi connectivity index (χ1v) is 8.99. The van der Waals surface area contributed by atoms with Gasteiger partial charge in [-0.3, -0.25) is 9.78 Å². The van der Waals surface area contributed by atoms with Gasteiger partial charge in [0.05, 0.1) is 17.0 Å². The molecule has 1 amide bonds. The van der Waals surface area contributed by atoms with E-state index in [4.69, 9.17) is 10.3 Å². The van der Waals surface area contributed by atoms with Gasteiger partial charge in [-0.2, -0.15) is 5.26 Å². The Labute approximate surface area is 161 Å². The second-order valence-electron chi connectivity index (χ2n) is 6.54. The van der Waals surface area contributed by atoms with Crippen molar-refractivity contribution >= 4 is 11.7 Å². The zero-order valence-corrected chi connectivity index (χ0v) is 15.3. The topological polar surface area (TPSA) is 122 Å². The first-order chi connectivity index (χ1) is 13.6. The molecule has 0 bridgehead atoms. The van der Waals surface area contributed by atoms with Crippen LogP contribution in [-0.4, -0.2) is 32.5 Å². The molecule has 140 valence electrons. The Morgan fingerprint density at radius 1 is 1.46 bits per heavy atom. The predicted molar refractivity (Wildman–Crippen MR) is 101 cm³/mol. The molecular formula is C20H18N6O2. The highest BCUT2D eigenvalue weighted by Crippen LogP contribution is 2.35. The quantitative estimate of drug-likeness (QED) is 0.746. The highest BCUT2D eigenvalue weighted by Gasteiger charge is 2.29. The molecule has 2 N–H and O–H groups in total. The fraction of sp³-hybridized carbons (Fsp3) is 0.250. The summed E-state index contributed by atoms with van der Waals surface area (Å²) in [6.07, 6.45) is 4.42. The summed E-state index contributed by atoms with van der Waals surface area (Å²) in [6.45, 7) is 2.79. The van der Waals surface area contributed by atoms with Crippen molar-refractivity contribution in [2.75, 3.05) is 12.3 Å². The summed E-state index contributed by atoms with van der Waals surface area (Å²) >= 11 is 0. The summed E-state index contributed by atoms with van der Waals surface area (Å²) in [7, 11) is 0. The van der Waals surface area contributed by atoms with E-state index in [2.05, 4.69) is 21.2 Å². The van der Waals surface area contributed by atoms with E-state index in [1.807, 2.05) is 6.92 Å². The van der Waals surface area contributed by atoms with Crippen molar-refractivity contribution in [1.82, 2.24) is 20.0 Å². The Bertz CT molecular complexity index is 1080. The standard InChI is InChI=1S/C20H18N6O2/c1-2-13-8-17(28-25-13)18-14(9-21)19(22)24-16-5-7-26(11-15(16)18)20(27)12-4-3-6-23-10-12/h3-4,6,8,10H,2,5,7,11H2,1H3,(H2,22,24). The first kappa shape index (κ1) is 17.7. The maximum absolute atomic E-state index is 12.9. The Morgan fingerprint density at radius 2 is 2.32 bits per heavy atom. The van der Waals surface area contributed by atoms with Gasteiger partial charge in [0.15, 0.2) is 5.76 Å². The molecular weight excluding hydrogens is 356 g/mol. The fourth-order valence-corrected chi connectivity index (χ4v) is 3.41. The third-order valence-corrected chi connectivity index (χ3v) is 4.85. The van der Waals surface area contributed by atoms with E-state index in [1.54, 1.807) is 35.5 Å². The second kappa shape index (κ2) is 7.12. The number of hydrogen-bond donors (Lipinski definition) is 1. The molecule has 0 saturated heterocycles. The molecule has 0 spiro atoms. The first-order valence-electron chi connectivity index (χ1n) is 8.99. The minimum atomic E-state index is -0.119. The number of pyridine rings is 2. The zero-order valence-electron chi connectivity index (χ0n) is 15.3. The molecule has 0 unspecified atom stereocenters. The van der Waals surface area contributed by atoms with E-state index in [0.717, 1.165) is 17.0 Å². The van der Waals surface area contributed by atoms with Gasteiger partial charge in [-0.1, -0.05) is 12.1 Å². The van der Waals surface area contributed by atoms with Gasteiger partial charge in [0.1, 0.15) is 17.5 Å². The van der Waals surface area contributed by atoms with Gasteiger partial charge in [0, 0.05) is 49.1 Å². The molecule has 28 heavy (non-hydrogen) atoms. The van der Waals surface area contributed by atoms with Gasteiger partial charge in [0.25, 0.3) is 5.91 Å². The number of aryl methyl sites for hydroxylation is 1. The average Bonchev–Trinajstić information content (AvgIpc) is 3.21. The van der Waals surface area contributed by atoms with Crippen molar-refractivity contribution in [3.63, 3.8) is 0 Å². The molecule has 0 saturated carbocycles. The van der Waals surface area contributed by atoms with Crippen molar-refractivity contribution < 1.29 is 9.32 Å². The van der Waals surface area contributed by atoms with Crippen molar-refractivity contribution in [2.45, 2.75) is 26.3 Å². The molecule has 0 radical (unpaired) electrons. The third kappa shape index (κ3) is 2.97. The van der Waals surface area contributed by atoms with Crippen LogP contribution in [0.25, 0.3) is 11.3 Å². The largest absolute Gasteiger partial charge is 0.383 e. The van der Waals surface area contributed by atoms with E-state index in [1.165, 1.54) is 0 Å². The van der Waals surface area contributed by atoms with Crippen molar-refractivity contribution in [3.8, 4) is 17.4 Å². The molecule has 0 aromatic carbocycles. The summed E-state index contributed by atoms with van der Waals surface area (Å²) in [5.41, 5.74) is 9.69. The van der Waals surface area contributed by atoms with Crippen LogP contribution in [0.1, 0.15) is 39.8 Å². The Balaban J connectivity index is 1.80. The monoisotopic (exact) mass is 374 g/mol. The van der Waals surface area contributed by atoms with Crippen LogP contribution >= 0.6 is 0 Å². The number of nitrogen functional groups attached to an aromatic ring is 1. The molecule has 3 aromatic heterocycles. The van der Waals surface area contributed by atoms with E-state index in [0.29, 0.717) is 42.8 Å². The number of nitrogens with zero attached hydrogens (tertiary/aromatic N) is 5. The zero-order chi connectivity index (χ0) is 19.7. The lowest BCUT2D eigenvalue weighted by molar-refractivity contribution is 0.0733. The van der Waals surface area contributed by atoms with Gasteiger partial charge in [-0.15, -0.1) is 0 Å². The van der Waals surface area contributed by atoms with E-state index in [-0.39, 0.29) is 17.3 Å².